The molecule has 0 bridgehead atoms. The molecule has 0 spiro atoms. The van der Waals surface area contributed by atoms with Crippen molar-refractivity contribution in [3.63, 3.8) is 0 Å². The zero-order chi connectivity index (χ0) is 14.8. The van der Waals surface area contributed by atoms with Crippen molar-refractivity contribution in [3.8, 4) is 0 Å². The van der Waals surface area contributed by atoms with E-state index in [-0.39, 0.29) is 23.7 Å². The number of amides is 2. The smallest absolute Gasteiger partial charge is 0.233 e. The molecule has 0 aromatic rings. The van der Waals surface area contributed by atoms with Crippen molar-refractivity contribution in [2.75, 3.05) is 13.1 Å². The van der Waals surface area contributed by atoms with Gasteiger partial charge in [0, 0.05) is 24.2 Å². The van der Waals surface area contributed by atoms with Crippen LogP contribution in [0.3, 0.4) is 0 Å². The van der Waals surface area contributed by atoms with Gasteiger partial charge in [-0.15, -0.1) is 0 Å². The van der Waals surface area contributed by atoms with Gasteiger partial charge >= 0.3 is 0 Å². The number of hydrogen-bond donors (Lipinski definition) is 1. The van der Waals surface area contributed by atoms with Crippen LogP contribution in [0.4, 0.5) is 0 Å². The molecule has 1 saturated heterocycles. The molecule has 116 valence electrons. The van der Waals surface area contributed by atoms with E-state index in [1.165, 1.54) is 37.0 Å². The summed E-state index contributed by atoms with van der Waals surface area (Å²) in [5, 5.41) is 4.22. The Balaban J connectivity index is 1.52. The lowest BCUT2D eigenvalue weighted by Gasteiger charge is -2.24. The van der Waals surface area contributed by atoms with Crippen molar-refractivity contribution in [1.82, 2.24) is 10.2 Å². The summed E-state index contributed by atoms with van der Waals surface area (Å²) in [5.41, 5.74) is 0. The van der Waals surface area contributed by atoms with Crippen LogP contribution in [-0.4, -0.2) is 35.8 Å². The lowest BCUT2D eigenvalue weighted by molar-refractivity contribution is -0.139. The average molecular weight is 311 g/mol. The number of likely N-dealkylation sites (tertiary alicyclic amines) is 1. The van der Waals surface area contributed by atoms with Crippen molar-refractivity contribution in [2.24, 2.45) is 11.8 Å². The van der Waals surface area contributed by atoms with E-state index < -0.39 is 0 Å². The second-order valence-corrected chi connectivity index (χ2v) is 6.91. The van der Waals surface area contributed by atoms with Crippen LogP contribution in [-0.2, 0) is 9.59 Å². The minimum Gasteiger partial charge on any atom is -0.312 e. The second-order valence-electron chi connectivity index (χ2n) is 6.42. The van der Waals surface area contributed by atoms with E-state index in [0.717, 1.165) is 5.03 Å². The number of carbonyl (C=O) groups excluding carboxylic acids is 2. The maximum Gasteiger partial charge on any atom is 0.233 e. The Hall–Kier alpha value is -0.870. The number of fused-ring (bicyclic) bond motifs is 1. The molecule has 2 atom stereocenters. The highest BCUT2D eigenvalue weighted by molar-refractivity contribution is 6.30. The first-order valence-corrected chi connectivity index (χ1v) is 8.48. The van der Waals surface area contributed by atoms with E-state index in [9.17, 15) is 9.59 Å². The number of halogens is 1. The third-order valence-electron chi connectivity index (χ3n) is 5.03. The molecule has 0 aromatic heterocycles. The predicted octanol–water partition coefficient (Wildman–Crippen LogP) is 2.43. The van der Waals surface area contributed by atoms with Crippen molar-refractivity contribution in [1.29, 1.82) is 0 Å². The summed E-state index contributed by atoms with van der Waals surface area (Å²) in [6.07, 6.45) is 9.36. The fourth-order valence-electron chi connectivity index (χ4n) is 3.80. The molecule has 1 heterocycles. The summed E-state index contributed by atoms with van der Waals surface area (Å²) in [7, 11) is 0. The Bertz CT molecular complexity index is 457. The molecule has 3 aliphatic rings. The minimum atomic E-state index is -0.218. The van der Waals surface area contributed by atoms with Crippen LogP contribution in [0.25, 0.3) is 0 Å². The normalized spacial score (nSPS) is 30.5. The standard InChI is InChI=1S/C16H23ClN2O2/c17-11-6-7-13-14(10-11)16(21)19(15(13)20)9-8-18-12-4-2-1-3-5-12/h6,12-14,18H,1-5,7-10H2/t13-,14-/m1/s1. The lowest BCUT2D eigenvalue weighted by atomic mass is 9.85. The van der Waals surface area contributed by atoms with E-state index in [1.807, 2.05) is 6.08 Å². The van der Waals surface area contributed by atoms with Gasteiger partial charge in [-0.05, 0) is 25.7 Å². The van der Waals surface area contributed by atoms with Crippen LogP contribution >= 0.6 is 11.6 Å². The molecular formula is C16H23ClN2O2. The van der Waals surface area contributed by atoms with Crippen LogP contribution < -0.4 is 5.32 Å². The molecule has 1 saturated carbocycles. The molecule has 2 aliphatic carbocycles. The Labute approximate surface area is 130 Å². The van der Waals surface area contributed by atoms with Gasteiger partial charge in [0.1, 0.15) is 0 Å². The molecular weight excluding hydrogens is 288 g/mol. The first-order chi connectivity index (χ1) is 10.2. The number of hydrogen-bond acceptors (Lipinski definition) is 3. The van der Waals surface area contributed by atoms with Crippen molar-refractivity contribution in [2.45, 2.75) is 51.0 Å². The van der Waals surface area contributed by atoms with Gasteiger partial charge in [0.05, 0.1) is 11.8 Å². The average Bonchev–Trinajstić information content (AvgIpc) is 2.73. The Morgan fingerprint density at radius 3 is 2.62 bits per heavy atom. The van der Waals surface area contributed by atoms with Gasteiger partial charge in [0.25, 0.3) is 0 Å². The molecule has 5 heteroatoms. The van der Waals surface area contributed by atoms with E-state index in [4.69, 9.17) is 11.6 Å². The molecule has 4 nitrogen and oxygen atoms in total. The quantitative estimate of drug-likeness (QED) is 0.811. The molecule has 3 rings (SSSR count). The number of carbonyl (C=O) groups is 2. The number of nitrogens with zero attached hydrogens (tertiary/aromatic N) is 1. The zero-order valence-electron chi connectivity index (χ0n) is 12.3. The Kier molecular flexibility index (Phi) is 4.65. The Morgan fingerprint density at radius 1 is 1.14 bits per heavy atom. The highest BCUT2D eigenvalue weighted by Gasteiger charge is 2.47. The van der Waals surface area contributed by atoms with Crippen LogP contribution in [0.2, 0.25) is 0 Å². The molecule has 0 aromatic carbocycles. The summed E-state index contributed by atoms with van der Waals surface area (Å²) in [6, 6.07) is 0.560. The third-order valence-corrected chi connectivity index (χ3v) is 5.34. The number of rotatable bonds is 4. The molecule has 0 unspecified atom stereocenters. The van der Waals surface area contributed by atoms with E-state index >= 15 is 0 Å². The van der Waals surface area contributed by atoms with E-state index in [1.54, 1.807) is 0 Å². The van der Waals surface area contributed by atoms with Crippen molar-refractivity contribution >= 4 is 23.4 Å². The van der Waals surface area contributed by atoms with Crippen LogP contribution in [0.1, 0.15) is 44.9 Å². The zero-order valence-corrected chi connectivity index (χ0v) is 13.1. The maximum atomic E-state index is 12.4. The molecule has 2 fully saturated rings. The molecule has 1 N–H and O–H groups in total. The largest absolute Gasteiger partial charge is 0.312 e. The topological polar surface area (TPSA) is 49.4 Å². The number of nitrogens with one attached hydrogen (secondary N) is 1. The first-order valence-electron chi connectivity index (χ1n) is 8.10. The van der Waals surface area contributed by atoms with Crippen LogP contribution in [0.15, 0.2) is 11.1 Å². The number of imide groups is 1. The second kappa shape index (κ2) is 6.49. The van der Waals surface area contributed by atoms with Gasteiger partial charge in [0.15, 0.2) is 0 Å². The fourth-order valence-corrected chi connectivity index (χ4v) is 4.06. The fraction of sp³-hybridized carbons (Fsp3) is 0.750. The number of allylic oxidation sites excluding steroid dienone is 2. The molecule has 1 aliphatic heterocycles. The molecule has 0 radical (unpaired) electrons. The van der Waals surface area contributed by atoms with Crippen molar-refractivity contribution in [3.05, 3.63) is 11.1 Å². The van der Waals surface area contributed by atoms with Gasteiger partial charge in [-0.1, -0.05) is 36.9 Å². The van der Waals surface area contributed by atoms with Gasteiger partial charge in [-0.25, -0.2) is 0 Å². The van der Waals surface area contributed by atoms with Crippen molar-refractivity contribution < 1.29 is 9.59 Å². The molecule has 2 amide bonds. The summed E-state index contributed by atoms with van der Waals surface area (Å²) in [4.78, 5) is 26.2. The maximum absolute atomic E-state index is 12.4. The first kappa shape index (κ1) is 15.0. The monoisotopic (exact) mass is 310 g/mol. The summed E-state index contributed by atoms with van der Waals surface area (Å²) in [5.74, 6) is -0.420. The third kappa shape index (κ3) is 3.16. The summed E-state index contributed by atoms with van der Waals surface area (Å²) >= 11 is 6.02. The van der Waals surface area contributed by atoms with Crippen LogP contribution in [0, 0.1) is 11.8 Å². The minimum absolute atomic E-state index is 0.00383. The summed E-state index contributed by atoms with van der Waals surface area (Å²) in [6.45, 7) is 1.21. The SMILES string of the molecule is O=C1[C@@H]2CC=C(Cl)C[C@H]2C(=O)N1CCNC1CCCCC1. The van der Waals surface area contributed by atoms with Gasteiger partial charge in [0.2, 0.25) is 11.8 Å². The van der Waals surface area contributed by atoms with E-state index in [2.05, 4.69) is 5.32 Å². The summed E-state index contributed by atoms with van der Waals surface area (Å²) < 4.78 is 0. The van der Waals surface area contributed by atoms with Crippen LogP contribution in [0.5, 0.6) is 0 Å². The molecule has 21 heavy (non-hydrogen) atoms. The van der Waals surface area contributed by atoms with Gasteiger partial charge in [-0.3, -0.25) is 14.5 Å². The van der Waals surface area contributed by atoms with E-state index in [0.29, 0.717) is 32.0 Å². The highest BCUT2D eigenvalue weighted by atomic mass is 35.5. The Morgan fingerprint density at radius 2 is 1.86 bits per heavy atom. The van der Waals surface area contributed by atoms with Gasteiger partial charge in [-0.2, -0.15) is 0 Å². The highest BCUT2D eigenvalue weighted by Crippen LogP contribution is 2.38. The van der Waals surface area contributed by atoms with Gasteiger partial charge < -0.3 is 5.32 Å². The lowest BCUT2D eigenvalue weighted by Crippen LogP contribution is -2.40. The predicted molar refractivity (Wildman–Crippen MR) is 81.7 cm³/mol.